The largest absolute Gasteiger partial charge is 0.460 e. The highest BCUT2D eigenvalue weighted by molar-refractivity contribution is 5.69. The van der Waals surface area contributed by atoms with Crippen molar-refractivity contribution in [2.45, 2.75) is 51.7 Å². The van der Waals surface area contributed by atoms with E-state index in [0.717, 1.165) is 11.1 Å². The first-order chi connectivity index (χ1) is 10.3. The highest BCUT2D eigenvalue weighted by Gasteiger charge is 2.17. The van der Waals surface area contributed by atoms with Crippen LogP contribution in [0.4, 0.5) is 0 Å². The molecular weight excluding hydrogens is 280 g/mol. The van der Waals surface area contributed by atoms with Gasteiger partial charge in [0.15, 0.2) is 0 Å². The van der Waals surface area contributed by atoms with Crippen LogP contribution in [0.5, 0.6) is 0 Å². The van der Waals surface area contributed by atoms with Crippen LogP contribution in [0.1, 0.15) is 57.3 Å². The summed E-state index contributed by atoms with van der Waals surface area (Å²) >= 11 is 0. The zero-order valence-electron chi connectivity index (χ0n) is 13.4. The topological polar surface area (TPSA) is 66.8 Å². The van der Waals surface area contributed by atoms with Crippen molar-refractivity contribution in [2.75, 3.05) is 6.61 Å². The van der Waals surface area contributed by atoms with E-state index in [2.05, 4.69) is 11.8 Å². The van der Waals surface area contributed by atoms with Crippen molar-refractivity contribution >= 4 is 5.97 Å². The monoisotopic (exact) mass is 304 g/mol. The van der Waals surface area contributed by atoms with Gasteiger partial charge in [0.2, 0.25) is 0 Å². The van der Waals surface area contributed by atoms with E-state index in [1.54, 1.807) is 12.1 Å². The maximum absolute atomic E-state index is 11.7. The SMILES string of the molecule is CC(C)(C)OC(=O)CCC(O)c1cccc(C#CCCO)c1. The number of benzene rings is 1. The molecule has 22 heavy (non-hydrogen) atoms. The van der Waals surface area contributed by atoms with Crippen LogP contribution in [0.3, 0.4) is 0 Å². The molecule has 0 aromatic heterocycles. The molecule has 120 valence electrons. The molecule has 1 unspecified atom stereocenters. The van der Waals surface area contributed by atoms with Crippen molar-refractivity contribution in [1.82, 2.24) is 0 Å². The minimum absolute atomic E-state index is 0.0329. The van der Waals surface area contributed by atoms with E-state index >= 15 is 0 Å². The average molecular weight is 304 g/mol. The van der Waals surface area contributed by atoms with E-state index in [9.17, 15) is 9.90 Å². The number of ether oxygens (including phenoxy) is 1. The second-order valence-corrected chi connectivity index (χ2v) is 6.04. The molecule has 0 heterocycles. The van der Waals surface area contributed by atoms with Crippen LogP contribution in [-0.4, -0.2) is 28.4 Å². The van der Waals surface area contributed by atoms with Crippen molar-refractivity contribution in [2.24, 2.45) is 0 Å². The summed E-state index contributed by atoms with van der Waals surface area (Å²) in [6.45, 7) is 5.48. The van der Waals surface area contributed by atoms with Gasteiger partial charge in [0.1, 0.15) is 5.60 Å². The minimum atomic E-state index is -0.730. The van der Waals surface area contributed by atoms with Crippen LogP contribution in [0.15, 0.2) is 24.3 Å². The van der Waals surface area contributed by atoms with Crippen LogP contribution in [0.2, 0.25) is 0 Å². The lowest BCUT2D eigenvalue weighted by molar-refractivity contribution is -0.155. The second kappa shape index (κ2) is 8.57. The Balaban J connectivity index is 2.59. The third kappa shape index (κ3) is 7.26. The van der Waals surface area contributed by atoms with Crippen LogP contribution in [0, 0.1) is 11.8 Å². The quantitative estimate of drug-likeness (QED) is 0.648. The molecular formula is C18H24O4. The number of carbonyl (C=O) groups is 1. The minimum Gasteiger partial charge on any atom is -0.460 e. The van der Waals surface area contributed by atoms with E-state index in [0.29, 0.717) is 12.8 Å². The van der Waals surface area contributed by atoms with E-state index in [1.807, 2.05) is 32.9 Å². The Morgan fingerprint density at radius 3 is 2.73 bits per heavy atom. The number of aliphatic hydroxyl groups excluding tert-OH is 2. The fourth-order valence-electron chi connectivity index (χ4n) is 1.86. The summed E-state index contributed by atoms with van der Waals surface area (Å²) in [5, 5.41) is 18.9. The summed E-state index contributed by atoms with van der Waals surface area (Å²) in [4.78, 5) is 11.7. The highest BCUT2D eigenvalue weighted by Crippen LogP contribution is 2.20. The van der Waals surface area contributed by atoms with Gasteiger partial charge in [0.25, 0.3) is 0 Å². The molecule has 0 amide bonds. The smallest absolute Gasteiger partial charge is 0.306 e. The van der Waals surface area contributed by atoms with Crippen molar-refractivity contribution in [3.63, 3.8) is 0 Å². The molecule has 0 saturated heterocycles. The Morgan fingerprint density at radius 2 is 2.09 bits per heavy atom. The second-order valence-electron chi connectivity index (χ2n) is 6.04. The van der Waals surface area contributed by atoms with Crippen LogP contribution in [0.25, 0.3) is 0 Å². The van der Waals surface area contributed by atoms with Crippen LogP contribution < -0.4 is 0 Å². The molecule has 0 aliphatic heterocycles. The summed E-state index contributed by atoms with van der Waals surface area (Å²) in [6, 6.07) is 7.25. The Morgan fingerprint density at radius 1 is 1.36 bits per heavy atom. The van der Waals surface area contributed by atoms with Gasteiger partial charge < -0.3 is 14.9 Å². The summed E-state index contributed by atoms with van der Waals surface area (Å²) in [5.41, 5.74) is 0.992. The Labute approximate surface area is 132 Å². The van der Waals surface area contributed by atoms with Crippen molar-refractivity contribution in [1.29, 1.82) is 0 Å². The molecule has 4 heteroatoms. The van der Waals surface area contributed by atoms with Gasteiger partial charge >= 0.3 is 5.97 Å². The summed E-state index contributed by atoms with van der Waals surface area (Å²) in [7, 11) is 0. The molecule has 0 fully saturated rings. The molecule has 0 radical (unpaired) electrons. The number of rotatable bonds is 5. The van der Waals surface area contributed by atoms with E-state index in [-0.39, 0.29) is 19.0 Å². The standard InChI is InChI=1S/C18H24O4/c1-18(2,3)22-17(21)11-10-16(20)15-9-6-8-14(13-15)7-4-5-12-19/h6,8-9,13,16,19-20H,5,10-12H2,1-3H3. The van der Waals surface area contributed by atoms with Crippen LogP contribution >= 0.6 is 0 Å². The normalized spacial score (nSPS) is 12.2. The zero-order valence-corrected chi connectivity index (χ0v) is 13.4. The molecule has 0 aliphatic carbocycles. The van der Waals surface area contributed by atoms with Gasteiger partial charge in [-0.05, 0) is 44.9 Å². The number of esters is 1. The molecule has 0 bridgehead atoms. The molecule has 0 aliphatic rings. The van der Waals surface area contributed by atoms with Gasteiger partial charge in [-0.3, -0.25) is 4.79 Å². The maximum atomic E-state index is 11.7. The highest BCUT2D eigenvalue weighted by atomic mass is 16.6. The summed E-state index contributed by atoms with van der Waals surface area (Å²) in [6.07, 6.45) is 0.166. The molecule has 1 aromatic carbocycles. The van der Waals surface area contributed by atoms with E-state index in [1.165, 1.54) is 0 Å². The predicted molar refractivity (Wildman–Crippen MR) is 85.1 cm³/mol. The Hall–Kier alpha value is -1.83. The van der Waals surface area contributed by atoms with Crippen molar-refractivity contribution in [3.05, 3.63) is 35.4 Å². The first-order valence-electron chi connectivity index (χ1n) is 7.41. The van der Waals surface area contributed by atoms with Gasteiger partial charge in [-0.1, -0.05) is 24.0 Å². The first-order valence-corrected chi connectivity index (χ1v) is 7.41. The lowest BCUT2D eigenvalue weighted by atomic mass is 10.0. The van der Waals surface area contributed by atoms with Crippen molar-refractivity contribution < 1.29 is 19.7 Å². The van der Waals surface area contributed by atoms with E-state index < -0.39 is 11.7 Å². The third-order valence-electron chi connectivity index (χ3n) is 2.78. The fraction of sp³-hybridized carbons (Fsp3) is 0.500. The number of hydrogen-bond donors (Lipinski definition) is 2. The van der Waals surface area contributed by atoms with Gasteiger partial charge in [0, 0.05) is 18.4 Å². The first kappa shape index (κ1) is 18.2. The molecule has 4 nitrogen and oxygen atoms in total. The van der Waals surface area contributed by atoms with Gasteiger partial charge in [0.05, 0.1) is 12.7 Å². The van der Waals surface area contributed by atoms with Gasteiger partial charge in [-0.15, -0.1) is 0 Å². The van der Waals surface area contributed by atoms with Crippen molar-refractivity contribution in [3.8, 4) is 11.8 Å². The summed E-state index contributed by atoms with van der Waals surface area (Å²) < 4.78 is 5.22. The molecule has 1 rings (SSSR count). The molecule has 0 spiro atoms. The lowest BCUT2D eigenvalue weighted by Gasteiger charge is -2.20. The number of hydrogen-bond acceptors (Lipinski definition) is 4. The summed E-state index contributed by atoms with van der Waals surface area (Å²) in [5.74, 6) is 5.45. The lowest BCUT2D eigenvalue weighted by Crippen LogP contribution is -2.24. The van der Waals surface area contributed by atoms with Gasteiger partial charge in [-0.25, -0.2) is 0 Å². The molecule has 1 atom stereocenters. The predicted octanol–water partition coefficient (Wildman–Crippen LogP) is 2.58. The zero-order chi connectivity index (χ0) is 16.6. The average Bonchev–Trinajstić information content (AvgIpc) is 2.43. The number of aliphatic hydroxyl groups is 2. The molecule has 1 aromatic rings. The fourth-order valence-corrected chi connectivity index (χ4v) is 1.86. The molecule has 0 saturated carbocycles. The van der Waals surface area contributed by atoms with Gasteiger partial charge in [-0.2, -0.15) is 0 Å². The molecule has 2 N–H and O–H groups in total. The Kier molecular flexibility index (Phi) is 7.10. The number of carbonyl (C=O) groups excluding carboxylic acids is 1. The maximum Gasteiger partial charge on any atom is 0.306 e. The van der Waals surface area contributed by atoms with E-state index in [4.69, 9.17) is 9.84 Å². The third-order valence-corrected chi connectivity index (χ3v) is 2.78. The van der Waals surface area contributed by atoms with Crippen LogP contribution in [-0.2, 0) is 9.53 Å². The Bertz CT molecular complexity index is 546.